The minimum atomic E-state index is -0.475. The van der Waals surface area contributed by atoms with Crippen molar-refractivity contribution in [2.75, 3.05) is 12.8 Å². The van der Waals surface area contributed by atoms with Gasteiger partial charge in [0.15, 0.2) is 0 Å². The molecule has 1 aromatic heterocycles. The van der Waals surface area contributed by atoms with Gasteiger partial charge in [0.1, 0.15) is 23.2 Å². The fourth-order valence-electron chi connectivity index (χ4n) is 2.55. The zero-order valence-corrected chi connectivity index (χ0v) is 12.7. The Balaban J connectivity index is 2.35. The van der Waals surface area contributed by atoms with Crippen LogP contribution in [0.5, 0.6) is 5.75 Å². The molecular weight excluding hydrogens is 308 g/mol. The van der Waals surface area contributed by atoms with Crippen molar-refractivity contribution < 1.29 is 9.66 Å². The van der Waals surface area contributed by atoms with Gasteiger partial charge < -0.3 is 10.5 Å². The van der Waals surface area contributed by atoms with Gasteiger partial charge in [-0.15, -0.1) is 0 Å². The molecule has 0 unspecified atom stereocenters. The van der Waals surface area contributed by atoms with Gasteiger partial charge in [0, 0.05) is 23.1 Å². The van der Waals surface area contributed by atoms with Crippen LogP contribution < -0.4 is 10.5 Å². The number of nitrogens with zero attached hydrogens (tertiary/aromatic N) is 3. The van der Waals surface area contributed by atoms with E-state index in [2.05, 4.69) is 11.1 Å². The number of nitro groups is 1. The topological polar surface area (TPSA) is 115 Å². The van der Waals surface area contributed by atoms with Crippen LogP contribution in [-0.2, 0) is 0 Å². The molecule has 118 valence electrons. The smallest absolute Gasteiger partial charge is 0.269 e. The predicted octanol–water partition coefficient (Wildman–Crippen LogP) is 3.27. The number of pyridine rings is 1. The second-order valence-electron chi connectivity index (χ2n) is 5.05. The van der Waals surface area contributed by atoms with Crippen LogP contribution in [-0.4, -0.2) is 17.0 Å². The van der Waals surface area contributed by atoms with E-state index >= 15 is 0 Å². The van der Waals surface area contributed by atoms with E-state index in [1.165, 1.54) is 12.1 Å². The summed E-state index contributed by atoms with van der Waals surface area (Å²) < 4.78 is 5.24. The molecule has 3 rings (SSSR count). The lowest BCUT2D eigenvalue weighted by Crippen LogP contribution is -1.99. The van der Waals surface area contributed by atoms with E-state index in [4.69, 9.17) is 10.5 Å². The van der Waals surface area contributed by atoms with E-state index < -0.39 is 4.92 Å². The van der Waals surface area contributed by atoms with Gasteiger partial charge in [-0.3, -0.25) is 10.1 Å². The third-order valence-corrected chi connectivity index (χ3v) is 3.70. The monoisotopic (exact) mass is 320 g/mol. The van der Waals surface area contributed by atoms with Gasteiger partial charge in [-0.2, -0.15) is 5.26 Å². The van der Waals surface area contributed by atoms with Gasteiger partial charge in [-0.25, -0.2) is 4.98 Å². The van der Waals surface area contributed by atoms with Gasteiger partial charge >= 0.3 is 0 Å². The Bertz CT molecular complexity index is 991. The highest BCUT2D eigenvalue weighted by molar-refractivity contribution is 6.00. The molecule has 1 heterocycles. The third kappa shape index (κ3) is 2.46. The average Bonchev–Trinajstić information content (AvgIpc) is 2.60. The summed E-state index contributed by atoms with van der Waals surface area (Å²) in [6, 6.07) is 13.3. The highest BCUT2D eigenvalue weighted by Crippen LogP contribution is 2.36. The number of aromatic nitrogens is 1. The molecular formula is C17H12N4O3. The first-order chi connectivity index (χ1) is 11.5. The molecule has 0 aliphatic carbocycles. The molecule has 0 fully saturated rings. The van der Waals surface area contributed by atoms with Crippen molar-refractivity contribution in [3.8, 4) is 22.9 Å². The molecule has 0 aliphatic heterocycles. The second-order valence-corrected chi connectivity index (χ2v) is 5.05. The van der Waals surface area contributed by atoms with E-state index in [0.717, 1.165) is 0 Å². The molecule has 0 bridgehead atoms. The summed E-state index contributed by atoms with van der Waals surface area (Å²) in [5.41, 5.74) is 7.94. The van der Waals surface area contributed by atoms with E-state index in [1.54, 1.807) is 37.4 Å². The molecule has 0 amide bonds. The van der Waals surface area contributed by atoms with Crippen LogP contribution in [0.15, 0.2) is 42.5 Å². The number of methoxy groups -OCH3 is 1. The maximum Gasteiger partial charge on any atom is 0.269 e. The molecule has 3 aromatic rings. The minimum absolute atomic E-state index is 0.0267. The summed E-state index contributed by atoms with van der Waals surface area (Å²) in [5, 5.41) is 21.0. The summed E-state index contributed by atoms with van der Waals surface area (Å²) in [6.07, 6.45) is 0. The van der Waals surface area contributed by atoms with Crippen molar-refractivity contribution >= 4 is 22.4 Å². The minimum Gasteiger partial charge on any atom is -0.497 e. The fraction of sp³-hybridized carbons (Fsp3) is 0.0588. The van der Waals surface area contributed by atoms with Crippen molar-refractivity contribution in [1.82, 2.24) is 4.98 Å². The molecule has 0 saturated heterocycles. The highest BCUT2D eigenvalue weighted by Gasteiger charge is 2.16. The molecule has 0 aliphatic rings. The number of nitriles is 1. The van der Waals surface area contributed by atoms with Gasteiger partial charge in [-0.1, -0.05) is 0 Å². The van der Waals surface area contributed by atoms with Crippen LogP contribution in [0, 0.1) is 21.4 Å². The zero-order valence-electron chi connectivity index (χ0n) is 12.7. The Morgan fingerprint density at radius 1 is 1.25 bits per heavy atom. The summed E-state index contributed by atoms with van der Waals surface area (Å²) in [6.45, 7) is 0. The Hall–Kier alpha value is -3.66. The predicted molar refractivity (Wildman–Crippen MR) is 89.5 cm³/mol. The molecule has 0 atom stereocenters. The normalized spacial score (nSPS) is 10.3. The largest absolute Gasteiger partial charge is 0.497 e. The molecule has 0 spiro atoms. The number of hydrogen-bond acceptors (Lipinski definition) is 6. The Kier molecular flexibility index (Phi) is 3.72. The van der Waals surface area contributed by atoms with Crippen molar-refractivity contribution in [2.45, 2.75) is 0 Å². The molecule has 2 aromatic carbocycles. The van der Waals surface area contributed by atoms with Crippen LogP contribution in [0.1, 0.15) is 5.56 Å². The number of rotatable bonds is 3. The van der Waals surface area contributed by atoms with Crippen LogP contribution in [0.3, 0.4) is 0 Å². The van der Waals surface area contributed by atoms with Gasteiger partial charge in [0.05, 0.1) is 17.5 Å². The maximum atomic E-state index is 10.8. The lowest BCUT2D eigenvalue weighted by Gasteiger charge is -2.12. The molecule has 0 saturated carbocycles. The van der Waals surface area contributed by atoms with E-state index in [9.17, 15) is 15.4 Å². The fourth-order valence-corrected chi connectivity index (χ4v) is 2.55. The number of benzene rings is 2. The number of fused-ring (bicyclic) bond motifs is 1. The van der Waals surface area contributed by atoms with E-state index in [0.29, 0.717) is 27.8 Å². The van der Waals surface area contributed by atoms with Crippen molar-refractivity contribution in [2.24, 2.45) is 0 Å². The first-order valence-electron chi connectivity index (χ1n) is 6.97. The Morgan fingerprint density at radius 2 is 1.96 bits per heavy atom. The van der Waals surface area contributed by atoms with Crippen LogP contribution in [0.4, 0.5) is 11.5 Å². The number of nitrogen functional groups attached to an aromatic ring is 1. The van der Waals surface area contributed by atoms with Gasteiger partial charge in [-0.05, 0) is 35.9 Å². The second kappa shape index (κ2) is 5.85. The molecule has 24 heavy (non-hydrogen) atoms. The first-order valence-corrected chi connectivity index (χ1v) is 6.97. The number of nitrogens with two attached hydrogens (primary N) is 1. The number of anilines is 1. The van der Waals surface area contributed by atoms with Crippen LogP contribution >= 0.6 is 0 Å². The van der Waals surface area contributed by atoms with Gasteiger partial charge in [0.25, 0.3) is 5.69 Å². The molecule has 7 heteroatoms. The van der Waals surface area contributed by atoms with E-state index in [1.807, 2.05) is 0 Å². The summed E-state index contributed by atoms with van der Waals surface area (Å²) in [5.74, 6) is 0.727. The average molecular weight is 320 g/mol. The number of nitro benzene ring substituents is 1. The summed E-state index contributed by atoms with van der Waals surface area (Å²) in [7, 11) is 1.54. The molecule has 0 radical (unpaired) electrons. The van der Waals surface area contributed by atoms with Gasteiger partial charge in [0.2, 0.25) is 0 Å². The standard InChI is InChI=1S/C17H12N4O3/c1-24-12-6-7-15-13(8-12)16(14(9-18)17(19)20-15)10-2-4-11(5-3-10)21(22)23/h2-8H,1H3,(H2,19,20). The lowest BCUT2D eigenvalue weighted by atomic mass is 9.96. The molecule has 2 N–H and O–H groups in total. The lowest BCUT2D eigenvalue weighted by molar-refractivity contribution is -0.384. The van der Waals surface area contributed by atoms with Crippen LogP contribution in [0.25, 0.3) is 22.0 Å². The Labute approximate surface area is 137 Å². The molecule has 7 nitrogen and oxygen atoms in total. The zero-order chi connectivity index (χ0) is 17.3. The summed E-state index contributed by atoms with van der Waals surface area (Å²) in [4.78, 5) is 14.6. The van der Waals surface area contributed by atoms with Crippen molar-refractivity contribution in [1.29, 1.82) is 5.26 Å². The van der Waals surface area contributed by atoms with Crippen molar-refractivity contribution in [3.05, 3.63) is 58.1 Å². The van der Waals surface area contributed by atoms with Crippen LogP contribution in [0.2, 0.25) is 0 Å². The SMILES string of the molecule is COc1ccc2nc(N)c(C#N)c(-c3ccc([N+](=O)[O-])cc3)c2c1. The number of non-ortho nitro benzene ring substituents is 1. The maximum absolute atomic E-state index is 10.8. The first kappa shape index (κ1) is 15.2. The third-order valence-electron chi connectivity index (χ3n) is 3.70. The Morgan fingerprint density at radius 3 is 2.54 bits per heavy atom. The quantitative estimate of drug-likeness (QED) is 0.585. The van der Waals surface area contributed by atoms with Crippen molar-refractivity contribution in [3.63, 3.8) is 0 Å². The van der Waals surface area contributed by atoms with E-state index in [-0.39, 0.29) is 17.1 Å². The summed E-state index contributed by atoms with van der Waals surface area (Å²) >= 11 is 0. The number of ether oxygens (including phenoxy) is 1. The number of hydrogen-bond donors (Lipinski definition) is 1. The highest BCUT2D eigenvalue weighted by atomic mass is 16.6.